The Labute approximate surface area is 92.2 Å². The molecule has 1 N–H and O–H groups in total. The van der Waals surface area contributed by atoms with Gasteiger partial charge in [0.2, 0.25) is 10.0 Å². The van der Waals surface area contributed by atoms with Crippen molar-refractivity contribution in [2.45, 2.75) is 0 Å². The van der Waals surface area contributed by atoms with Gasteiger partial charge in [-0.15, -0.1) is 0 Å². The fourth-order valence-corrected chi connectivity index (χ4v) is 1.66. The summed E-state index contributed by atoms with van der Waals surface area (Å²) in [5.74, 6) is -0.00125. The molecule has 0 heterocycles. The molecule has 1 aromatic rings. The molecule has 0 bridgehead atoms. The van der Waals surface area contributed by atoms with E-state index >= 15 is 0 Å². The molecule has 0 saturated heterocycles. The molecule has 0 aliphatic heterocycles. The van der Waals surface area contributed by atoms with Gasteiger partial charge in [0.15, 0.2) is 5.75 Å². The molecule has 0 saturated carbocycles. The molecule has 0 amide bonds. The van der Waals surface area contributed by atoms with Crippen LogP contribution in [-0.2, 0) is 10.0 Å². The summed E-state index contributed by atoms with van der Waals surface area (Å²) in [6.07, 6.45) is 0.987. The van der Waals surface area contributed by atoms with Crippen LogP contribution in [0.2, 0.25) is 0 Å². The summed E-state index contributed by atoms with van der Waals surface area (Å²) in [7, 11) is -2.14. The van der Waals surface area contributed by atoms with E-state index in [1.54, 1.807) is 0 Å². The number of nitrogens with zero attached hydrogens (tertiary/aromatic N) is 1. The Morgan fingerprint density at radius 1 is 1.44 bits per heavy atom. The fraction of sp³-hybridized carbons (Fsp3) is 0.250. The molecule has 0 aromatic heterocycles. The summed E-state index contributed by atoms with van der Waals surface area (Å²) in [6.45, 7) is 0. The van der Waals surface area contributed by atoms with Gasteiger partial charge >= 0.3 is 5.69 Å². The first kappa shape index (κ1) is 12.2. The first-order chi connectivity index (χ1) is 7.33. The van der Waals surface area contributed by atoms with Gasteiger partial charge in [0.1, 0.15) is 0 Å². The molecule has 0 aliphatic rings. The third kappa shape index (κ3) is 3.09. The van der Waals surface area contributed by atoms with Crippen LogP contribution in [0.1, 0.15) is 0 Å². The lowest BCUT2D eigenvalue weighted by Crippen LogP contribution is -2.09. The van der Waals surface area contributed by atoms with Crippen LogP contribution >= 0.6 is 0 Å². The number of nitro groups is 1. The zero-order chi connectivity index (χ0) is 12.3. The number of nitro benzene ring substituents is 1. The van der Waals surface area contributed by atoms with E-state index in [9.17, 15) is 18.5 Å². The van der Waals surface area contributed by atoms with Gasteiger partial charge in [-0.1, -0.05) is 0 Å². The molecule has 0 fully saturated rings. The van der Waals surface area contributed by atoms with E-state index in [0.29, 0.717) is 0 Å². The third-order valence-corrected chi connectivity index (χ3v) is 2.29. The Kier molecular flexibility index (Phi) is 3.33. The number of hydrogen-bond acceptors (Lipinski definition) is 5. The van der Waals surface area contributed by atoms with Crippen molar-refractivity contribution >= 4 is 21.4 Å². The first-order valence-corrected chi connectivity index (χ1v) is 6.03. The summed E-state index contributed by atoms with van der Waals surface area (Å²) in [6, 6.07) is 3.72. The van der Waals surface area contributed by atoms with Gasteiger partial charge in [-0.05, 0) is 6.07 Å². The van der Waals surface area contributed by atoms with Crippen LogP contribution in [0, 0.1) is 10.1 Å². The molecule has 0 radical (unpaired) electrons. The minimum absolute atomic E-state index is 0.00125. The van der Waals surface area contributed by atoms with E-state index in [2.05, 4.69) is 4.72 Å². The Hall–Kier alpha value is -1.83. The first-order valence-electron chi connectivity index (χ1n) is 4.13. The van der Waals surface area contributed by atoms with Gasteiger partial charge in [0.05, 0.1) is 24.0 Å². The highest BCUT2D eigenvalue weighted by Crippen LogP contribution is 2.29. The summed E-state index contributed by atoms with van der Waals surface area (Å²) < 4.78 is 28.8. The van der Waals surface area contributed by atoms with Gasteiger partial charge in [0, 0.05) is 12.1 Å². The SMILES string of the molecule is COc1cc(NS(C)(=O)=O)ccc1[N+](=O)[O-]. The highest BCUT2D eigenvalue weighted by Gasteiger charge is 2.15. The fourth-order valence-electron chi connectivity index (χ4n) is 1.11. The van der Waals surface area contributed by atoms with Crippen LogP contribution in [0.4, 0.5) is 11.4 Å². The largest absolute Gasteiger partial charge is 0.490 e. The lowest BCUT2D eigenvalue weighted by Gasteiger charge is -2.06. The standard InChI is InChI=1S/C8H10N2O5S/c1-15-8-5-6(9-16(2,13)14)3-4-7(8)10(11)12/h3-5,9H,1-2H3. The van der Waals surface area contributed by atoms with Crippen molar-refractivity contribution in [3.05, 3.63) is 28.3 Å². The number of nitrogens with one attached hydrogen (secondary N) is 1. The Morgan fingerprint density at radius 3 is 2.50 bits per heavy atom. The molecule has 0 unspecified atom stereocenters. The zero-order valence-electron chi connectivity index (χ0n) is 8.63. The average molecular weight is 246 g/mol. The highest BCUT2D eigenvalue weighted by atomic mass is 32.2. The van der Waals surface area contributed by atoms with E-state index in [1.165, 1.54) is 25.3 Å². The van der Waals surface area contributed by atoms with Crippen molar-refractivity contribution in [3.8, 4) is 5.75 Å². The molecule has 8 heteroatoms. The Bertz CT molecular complexity index is 511. The maximum absolute atomic E-state index is 10.9. The van der Waals surface area contributed by atoms with Crippen molar-refractivity contribution in [2.75, 3.05) is 18.1 Å². The number of benzene rings is 1. The van der Waals surface area contributed by atoms with Crippen LogP contribution in [0.25, 0.3) is 0 Å². The van der Waals surface area contributed by atoms with Crippen LogP contribution in [0.15, 0.2) is 18.2 Å². The topological polar surface area (TPSA) is 98.5 Å². The van der Waals surface area contributed by atoms with Gasteiger partial charge < -0.3 is 4.74 Å². The summed E-state index contributed by atoms with van der Waals surface area (Å²) in [4.78, 5) is 9.96. The van der Waals surface area contributed by atoms with Gasteiger partial charge in [-0.25, -0.2) is 8.42 Å². The van der Waals surface area contributed by atoms with Gasteiger partial charge in [-0.3, -0.25) is 14.8 Å². The van der Waals surface area contributed by atoms with Crippen LogP contribution in [0.5, 0.6) is 5.75 Å². The minimum atomic E-state index is -3.41. The maximum Gasteiger partial charge on any atom is 0.311 e. The van der Waals surface area contributed by atoms with Crippen molar-refractivity contribution in [1.29, 1.82) is 0 Å². The molecule has 0 spiro atoms. The van der Waals surface area contributed by atoms with Crippen molar-refractivity contribution in [1.82, 2.24) is 0 Å². The molecule has 1 aromatic carbocycles. The predicted octanol–water partition coefficient (Wildman–Crippen LogP) is 0.975. The summed E-state index contributed by atoms with van der Waals surface area (Å²) in [5, 5.41) is 10.6. The molecule has 1 rings (SSSR count). The second-order valence-corrected chi connectivity index (χ2v) is 4.77. The highest BCUT2D eigenvalue weighted by molar-refractivity contribution is 7.92. The molecule has 16 heavy (non-hydrogen) atoms. The van der Waals surface area contributed by atoms with Crippen LogP contribution < -0.4 is 9.46 Å². The molecule has 88 valence electrons. The van der Waals surface area contributed by atoms with E-state index in [1.807, 2.05) is 0 Å². The predicted molar refractivity (Wildman–Crippen MR) is 58.1 cm³/mol. The molecular weight excluding hydrogens is 236 g/mol. The smallest absolute Gasteiger partial charge is 0.311 e. The monoisotopic (exact) mass is 246 g/mol. The van der Waals surface area contributed by atoms with Crippen LogP contribution in [0.3, 0.4) is 0 Å². The van der Waals surface area contributed by atoms with Crippen molar-refractivity contribution < 1.29 is 18.1 Å². The Balaban J connectivity index is 3.14. The lowest BCUT2D eigenvalue weighted by molar-refractivity contribution is -0.385. The summed E-state index contributed by atoms with van der Waals surface area (Å²) in [5.41, 5.74) is -0.00787. The van der Waals surface area contributed by atoms with Gasteiger partial charge in [-0.2, -0.15) is 0 Å². The van der Waals surface area contributed by atoms with E-state index in [-0.39, 0.29) is 17.1 Å². The number of anilines is 1. The van der Waals surface area contributed by atoms with Crippen LogP contribution in [-0.4, -0.2) is 26.7 Å². The molecule has 0 aliphatic carbocycles. The lowest BCUT2D eigenvalue weighted by atomic mass is 10.2. The minimum Gasteiger partial charge on any atom is -0.490 e. The van der Waals surface area contributed by atoms with E-state index in [0.717, 1.165) is 6.26 Å². The quantitative estimate of drug-likeness (QED) is 0.630. The van der Waals surface area contributed by atoms with E-state index in [4.69, 9.17) is 4.74 Å². The molecular formula is C8H10N2O5S. The Morgan fingerprint density at radius 2 is 2.06 bits per heavy atom. The number of rotatable bonds is 4. The number of sulfonamides is 1. The zero-order valence-corrected chi connectivity index (χ0v) is 9.45. The molecule has 0 atom stereocenters. The second-order valence-electron chi connectivity index (χ2n) is 3.02. The maximum atomic E-state index is 10.9. The third-order valence-electron chi connectivity index (χ3n) is 1.68. The van der Waals surface area contributed by atoms with Crippen molar-refractivity contribution in [2.24, 2.45) is 0 Å². The van der Waals surface area contributed by atoms with E-state index < -0.39 is 14.9 Å². The second kappa shape index (κ2) is 4.35. The number of methoxy groups -OCH3 is 1. The number of ether oxygens (including phenoxy) is 1. The van der Waals surface area contributed by atoms with Crippen molar-refractivity contribution in [3.63, 3.8) is 0 Å². The average Bonchev–Trinajstić information content (AvgIpc) is 2.14. The molecule has 7 nitrogen and oxygen atoms in total. The number of hydrogen-bond donors (Lipinski definition) is 1. The normalized spacial score (nSPS) is 10.9. The summed E-state index contributed by atoms with van der Waals surface area (Å²) >= 11 is 0. The van der Waals surface area contributed by atoms with Gasteiger partial charge in [0.25, 0.3) is 0 Å².